The minimum atomic E-state index is -1.93. The zero-order valence-electron chi connectivity index (χ0n) is 51.2. The van der Waals surface area contributed by atoms with Gasteiger partial charge >= 0.3 is 18.1 Å². The molecule has 2 aromatic rings. The standard InChI is InChI=1S/C60H84Br2ClN9O16/c1-32(2)50(67-39(31-73)16-11-12-21-65-52(76)38(29-61)30-62)54(78)69-41(17-14-22-66-57(64)81)53(77)68-40-20-19-37(26-43(40)74)55(79)71(7)35(5)56(80)87-47-27-48(75)72(8)42-24-36(25-44(84-9)49(42)63)23-33(3)15-13-18-46(85-10)60(83)28-45(86-58(82)70-60)34(4)51-59(47,6)88-51/h13,15,18-20,24-26,31-32,34-35,38-39,41,45-47,50-51,67,74,83H,11-12,14,16-17,21-23,27-30H2,1-10H3,(H,65,76)(H,68,77)(H,69,78)(H,70,82)(H3,64,66,81)/b18-13+,33-15+/t34-,35+,39?,41+,45+,46-,47+,50+,51+,59+,60+/m1/s1. The Morgan fingerprint density at radius 1 is 1.00 bits per heavy atom. The van der Waals surface area contributed by atoms with Crippen LogP contribution in [0.3, 0.4) is 0 Å². The lowest BCUT2D eigenvalue weighted by molar-refractivity contribution is -0.158. The van der Waals surface area contributed by atoms with Crippen LogP contribution in [0.15, 0.2) is 54.1 Å². The number of ether oxygens (including phenoxy) is 5. The molecule has 2 aromatic carbocycles. The summed E-state index contributed by atoms with van der Waals surface area (Å²) in [6.45, 7) is 10.6. The minimum absolute atomic E-state index is 0.0102. The zero-order valence-corrected chi connectivity index (χ0v) is 55.2. The number of hydrogen-bond donors (Lipinski definition) is 9. The SMILES string of the molecule is COc1cc2cc(c1Cl)N(C)C(=O)C[C@H](OC(=O)[C@H](C)N(C)C(=O)c1ccc(NC(=O)[C@H](CCCNC(N)=O)NC(=O)[C@@H](NC(C=O)CCCCNC(=O)C(CBr)CBr)C(C)C)c(O)c1)[C@]1(C)O[C@H]1[C@H](C)[C@@H]1C[C@@](O)(NC(=O)O1)[C@H](OC)/C=C/C=C(\C)C2. The first kappa shape index (κ1) is 72.4. The fraction of sp³-hybridized carbons (Fsp3) is 0.583. The number of carbonyl (C=O) groups excluding carboxylic acids is 9. The first-order valence-corrected chi connectivity index (χ1v) is 31.6. The van der Waals surface area contributed by atoms with Crippen molar-refractivity contribution in [1.82, 2.24) is 31.5 Å². The Hall–Kier alpha value is -6.36. The molecule has 88 heavy (non-hydrogen) atoms. The molecular formula is C60H84Br2ClN9O16. The summed E-state index contributed by atoms with van der Waals surface area (Å²) >= 11 is 13.5. The Balaban J connectivity index is 1.33. The van der Waals surface area contributed by atoms with Crippen molar-refractivity contribution < 1.29 is 77.0 Å². The Bertz CT molecular complexity index is 2920. The number of likely N-dealkylation sites (N-methyl/N-ethyl adjacent to an activating group) is 1. The predicted octanol–water partition coefficient (Wildman–Crippen LogP) is 5.28. The second-order valence-electron chi connectivity index (χ2n) is 23.0. The maximum Gasteiger partial charge on any atom is 0.409 e. The highest BCUT2D eigenvalue weighted by Gasteiger charge is 2.64. The van der Waals surface area contributed by atoms with Crippen LogP contribution in [0.1, 0.15) is 102 Å². The van der Waals surface area contributed by atoms with Gasteiger partial charge in [-0.2, -0.15) is 0 Å². The summed E-state index contributed by atoms with van der Waals surface area (Å²) in [5.41, 5.74) is 3.56. The number of esters is 1. The Morgan fingerprint density at radius 3 is 2.32 bits per heavy atom. The van der Waals surface area contributed by atoms with Gasteiger partial charge in [-0.05, 0) is 101 Å². The van der Waals surface area contributed by atoms with E-state index < -0.39 is 120 Å². The number of methoxy groups -OCH3 is 2. The molecule has 5 rings (SSSR count). The fourth-order valence-electron chi connectivity index (χ4n) is 10.4. The summed E-state index contributed by atoms with van der Waals surface area (Å²) in [4.78, 5) is 122. The number of nitrogens with two attached hydrogens (primary N) is 1. The van der Waals surface area contributed by atoms with Crippen LogP contribution in [0.25, 0.3) is 0 Å². The third-order valence-corrected chi connectivity index (χ3v) is 18.0. The molecule has 2 saturated heterocycles. The highest BCUT2D eigenvalue weighted by molar-refractivity contribution is 9.09. The number of rotatable bonds is 26. The zero-order chi connectivity index (χ0) is 65.4. The molecule has 0 radical (unpaired) electrons. The molecule has 0 spiro atoms. The number of fused-ring (bicyclic) bond motifs is 5. The second kappa shape index (κ2) is 32.9. The lowest BCUT2D eigenvalue weighted by Gasteiger charge is -2.42. The topological polar surface area (TPSA) is 348 Å². The van der Waals surface area contributed by atoms with Crippen molar-refractivity contribution in [3.8, 4) is 11.5 Å². The van der Waals surface area contributed by atoms with Gasteiger partial charge in [0.25, 0.3) is 5.91 Å². The number of nitrogens with one attached hydrogen (secondary N) is 6. The number of benzene rings is 2. The number of primary amides is 1. The molecule has 25 nitrogen and oxygen atoms in total. The van der Waals surface area contributed by atoms with Crippen molar-refractivity contribution >= 4 is 109 Å². The number of amides is 8. The van der Waals surface area contributed by atoms with Crippen molar-refractivity contribution in [1.29, 1.82) is 0 Å². The van der Waals surface area contributed by atoms with Gasteiger partial charge in [0.2, 0.25) is 23.6 Å². The van der Waals surface area contributed by atoms with Crippen LogP contribution in [0.5, 0.6) is 11.5 Å². The van der Waals surface area contributed by atoms with E-state index in [2.05, 4.69) is 63.8 Å². The van der Waals surface area contributed by atoms with Gasteiger partial charge in [0.1, 0.15) is 58.8 Å². The molecule has 2 fully saturated rings. The van der Waals surface area contributed by atoms with E-state index >= 15 is 0 Å². The van der Waals surface area contributed by atoms with Gasteiger partial charge in [0, 0.05) is 62.9 Å². The number of aliphatic hydroxyl groups is 1. The number of hydrogen-bond acceptors (Lipinski definition) is 17. The van der Waals surface area contributed by atoms with Crippen LogP contribution in [-0.2, 0) is 54.1 Å². The maximum atomic E-state index is 14.5. The normalized spacial score (nSPS) is 24.3. The monoisotopic (exact) mass is 1380 g/mol. The van der Waals surface area contributed by atoms with E-state index in [-0.39, 0.29) is 59.8 Å². The van der Waals surface area contributed by atoms with E-state index in [0.29, 0.717) is 60.6 Å². The summed E-state index contributed by atoms with van der Waals surface area (Å²) in [6, 6.07) is 2.05. The van der Waals surface area contributed by atoms with Crippen molar-refractivity contribution in [2.75, 3.05) is 62.3 Å². The van der Waals surface area contributed by atoms with Gasteiger partial charge in [-0.25, -0.2) is 14.4 Å². The number of aromatic hydroxyl groups is 1. The summed E-state index contributed by atoms with van der Waals surface area (Å²) in [5, 5.41) is 40.6. The van der Waals surface area contributed by atoms with E-state index in [9.17, 15) is 53.4 Å². The molecule has 0 aliphatic carbocycles. The van der Waals surface area contributed by atoms with Gasteiger partial charge < -0.3 is 75.5 Å². The number of halogens is 3. The highest BCUT2D eigenvalue weighted by Crippen LogP contribution is 2.49. The van der Waals surface area contributed by atoms with Crippen LogP contribution in [0.2, 0.25) is 5.02 Å². The number of nitrogens with zero attached hydrogens (tertiary/aromatic N) is 2. The number of alkyl halides is 2. The molecule has 3 aliphatic rings. The molecule has 1 unspecified atom stereocenters. The molecule has 10 N–H and O–H groups in total. The fourth-order valence-corrected chi connectivity index (χ4v) is 12.4. The number of phenols is 1. The third kappa shape index (κ3) is 19.1. The van der Waals surface area contributed by atoms with Gasteiger partial charge in [0.05, 0.1) is 49.0 Å². The first-order chi connectivity index (χ1) is 41.6. The Kier molecular flexibility index (Phi) is 27.1. The van der Waals surface area contributed by atoms with E-state index in [1.807, 2.05) is 13.0 Å². The Labute approximate surface area is 534 Å². The van der Waals surface area contributed by atoms with Gasteiger partial charge in [0.15, 0.2) is 5.72 Å². The van der Waals surface area contributed by atoms with Crippen molar-refractivity contribution in [2.45, 2.75) is 153 Å². The molecular weight excluding hydrogens is 1300 g/mol. The number of anilines is 2. The van der Waals surface area contributed by atoms with E-state index in [4.69, 9.17) is 41.0 Å². The number of unbranched alkanes of at least 4 members (excludes halogenated alkanes) is 1. The number of allylic oxidation sites excluding steroid dienone is 3. The first-order valence-electron chi connectivity index (χ1n) is 29.0. The van der Waals surface area contributed by atoms with Crippen LogP contribution in [-0.4, -0.2) is 181 Å². The molecule has 0 saturated carbocycles. The second-order valence-corrected chi connectivity index (χ2v) is 24.6. The lowest BCUT2D eigenvalue weighted by Crippen LogP contribution is -2.63. The highest BCUT2D eigenvalue weighted by atomic mass is 79.9. The molecule has 4 bridgehead atoms. The number of phenolic OH excluding ortho intramolecular Hbond substituents is 1. The molecule has 8 amide bonds. The van der Waals surface area contributed by atoms with Gasteiger partial charge in [-0.15, -0.1) is 0 Å². The smallest absolute Gasteiger partial charge is 0.409 e. The summed E-state index contributed by atoms with van der Waals surface area (Å²) in [5.74, 6) is -5.26. The quantitative estimate of drug-likeness (QED) is 0.0144. The third-order valence-electron chi connectivity index (χ3n) is 16.0. The van der Waals surface area contributed by atoms with Crippen molar-refractivity contribution in [3.05, 3.63) is 70.3 Å². The number of epoxide rings is 1. The molecule has 486 valence electrons. The van der Waals surface area contributed by atoms with Crippen molar-refractivity contribution in [3.63, 3.8) is 0 Å². The summed E-state index contributed by atoms with van der Waals surface area (Å²) < 4.78 is 29.5. The lowest BCUT2D eigenvalue weighted by atomic mass is 9.83. The molecule has 11 atom stereocenters. The van der Waals surface area contributed by atoms with E-state index in [1.54, 1.807) is 52.0 Å². The van der Waals surface area contributed by atoms with E-state index in [0.717, 1.165) is 22.1 Å². The number of urea groups is 1. The summed E-state index contributed by atoms with van der Waals surface area (Å²) in [7, 11) is 5.67. The van der Waals surface area contributed by atoms with Crippen molar-refractivity contribution in [2.24, 2.45) is 23.5 Å². The minimum Gasteiger partial charge on any atom is -0.506 e. The average molecular weight is 1380 g/mol. The number of carbonyl (C=O) groups is 9. The predicted molar refractivity (Wildman–Crippen MR) is 335 cm³/mol. The van der Waals surface area contributed by atoms with Gasteiger partial charge in [-0.3, -0.25) is 34.6 Å². The molecule has 28 heteroatoms. The van der Waals surface area contributed by atoms with Crippen LogP contribution < -0.4 is 47.3 Å². The van der Waals surface area contributed by atoms with Crippen LogP contribution >= 0.6 is 43.5 Å². The molecule has 3 heterocycles. The summed E-state index contributed by atoms with van der Waals surface area (Å²) in [6.07, 6.45) is 2.20. The van der Waals surface area contributed by atoms with Gasteiger partial charge in [-0.1, -0.05) is 88.0 Å². The Morgan fingerprint density at radius 2 is 1.69 bits per heavy atom. The maximum absolute atomic E-state index is 14.5. The van der Waals surface area contributed by atoms with E-state index in [1.165, 1.54) is 52.3 Å². The molecule has 0 aromatic heterocycles. The van der Waals surface area contributed by atoms with Crippen LogP contribution in [0, 0.1) is 17.8 Å². The largest absolute Gasteiger partial charge is 0.506 e. The molecule has 3 aliphatic heterocycles. The number of alkyl carbamates (subject to hydrolysis) is 1. The number of aldehydes is 1. The van der Waals surface area contributed by atoms with Crippen LogP contribution in [0.4, 0.5) is 21.0 Å². The average Bonchev–Trinajstić information content (AvgIpc) is 2.18.